The molecule has 1 aliphatic heterocycles. The lowest BCUT2D eigenvalue weighted by Crippen LogP contribution is -2.35. The van der Waals surface area contributed by atoms with Gasteiger partial charge in [-0.05, 0) is 23.5 Å². The maximum Gasteiger partial charge on any atom is 0.403 e. The molecule has 0 aromatic heterocycles. The number of benzene rings is 1. The van der Waals surface area contributed by atoms with Crippen molar-refractivity contribution in [1.82, 2.24) is 0 Å². The molecule has 1 N–H and O–H groups in total. The molecule has 2 rings (SSSR count). The Bertz CT molecular complexity index is 591. The van der Waals surface area contributed by atoms with Crippen LogP contribution in [0.5, 0.6) is 0 Å². The van der Waals surface area contributed by atoms with Gasteiger partial charge in [-0.25, -0.2) is 15.7 Å². The second-order valence-electron chi connectivity index (χ2n) is 4.79. The van der Waals surface area contributed by atoms with E-state index in [2.05, 4.69) is 0 Å². The molecule has 0 saturated heterocycles. The summed E-state index contributed by atoms with van der Waals surface area (Å²) in [6, 6.07) is 8.86. The molecule has 0 bridgehead atoms. The van der Waals surface area contributed by atoms with Crippen molar-refractivity contribution in [2.24, 2.45) is 0 Å². The molecular weight excluding hydrogens is 301 g/mol. The summed E-state index contributed by atoms with van der Waals surface area (Å²) in [5.74, 6) is -1.27. The van der Waals surface area contributed by atoms with Crippen LogP contribution in [0.4, 0.5) is 13.2 Å². The summed E-state index contributed by atoms with van der Waals surface area (Å²) >= 11 is 0. The smallest absolute Gasteiger partial charge is 0.403 e. The highest BCUT2D eigenvalue weighted by atomic mass is 32.2. The van der Waals surface area contributed by atoms with Gasteiger partial charge >= 0.3 is 12.1 Å². The van der Waals surface area contributed by atoms with Gasteiger partial charge in [-0.3, -0.25) is 0 Å². The fraction of sp³-hybridized carbons (Fsp3) is 0.267. The van der Waals surface area contributed by atoms with Crippen LogP contribution >= 0.6 is 10.9 Å². The van der Waals surface area contributed by atoms with Gasteiger partial charge in [-0.15, -0.1) is 0 Å². The van der Waals surface area contributed by atoms with Gasteiger partial charge in [0.2, 0.25) is 0 Å². The fourth-order valence-corrected chi connectivity index (χ4v) is 4.90. The fourth-order valence-electron chi connectivity index (χ4n) is 2.31. The van der Waals surface area contributed by atoms with E-state index in [9.17, 15) is 18.0 Å². The van der Waals surface area contributed by atoms with Crippen LogP contribution in [0, 0.1) is 0 Å². The second kappa shape index (κ2) is 5.97. The number of alkyl halides is 3. The van der Waals surface area contributed by atoms with Crippen molar-refractivity contribution in [1.29, 1.82) is 0 Å². The molecule has 0 spiro atoms. The standard InChI is InChI=1S/C15H15F3O2S/c1-10-7-8-12(14(19)20)13(15(16,17)18)21(10)9-11-5-3-2-4-6-11/h2-8,13,21H,9H2,1H3,(H,19,20)/t13-/m0/s1. The van der Waals surface area contributed by atoms with Crippen molar-refractivity contribution < 1.29 is 23.1 Å². The molecule has 0 fully saturated rings. The first-order chi connectivity index (χ1) is 9.80. The number of thiol groups is 1. The van der Waals surface area contributed by atoms with Crippen molar-refractivity contribution >= 4 is 16.9 Å². The molecule has 2 nitrogen and oxygen atoms in total. The maximum atomic E-state index is 13.4. The van der Waals surface area contributed by atoms with Crippen LogP contribution in [0.3, 0.4) is 0 Å². The van der Waals surface area contributed by atoms with E-state index < -0.39 is 33.9 Å². The van der Waals surface area contributed by atoms with Gasteiger partial charge in [0.05, 0.1) is 5.57 Å². The van der Waals surface area contributed by atoms with E-state index in [1.54, 1.807) is 37.3 Å². The third-order valence-corrected chi connectivity index (χ3v) is 6.27. The molecule has 1 aliphatic rings. The number of aliphatic carboxylic acids is 1. The van der Waals surface area contributed by atoms with Gasteiger partial charge in [0.1, 0.15) is 5.25 Å². The minimum atomic E-state index is -4.56. The van der Waals surface area contributed by atoms with Gasteiger partial charge in [0.25, 0.3) is 0 Å². The van der Waals surface area contributed by atoms with Gasteiger partial charge in [-0.1, -0.05) is 36.4 Å². The average Bonchev–Trinajstić information content (AvgIpc) is 2.40. The van der Waals surface area contributed by atoms with Gasteiger partial charge < -0.3 is 5.11 Å². The van der Waals surface area contributed by atoms with E-state index in [-0.39, 0.29) is 5.75 Å². The Morgan fingerprint density at radius 2 is 1.86 bits per heavy atom. The highest BCUT2D eigenvalue weighted by molar-refractivity contribution is 8.20. The van der Waals surface area contributed by atoms with Crippen LogP contribution in [-0.2, 0) is 10.5 Å². The Morgan fingerprint density at radius 3 is 2.38 bits per heavy atom. The Morgan fingerprint density at radius 1 is 1.24 bits per heavy atom. The van der Waals surface area contributed by atoms with Crippen LogP contribution in [0.25, 0.3) is 0 Å². The molecule has 0 saturated carbocycles. The van der Waals surface area contributed by atoms with E-state index in [4.69, 9.17) is 5.11 Å². The lowest BCUT2D eigenvalue weighted by atomic mass is 10.1. The van der Waals surface area contributed by atoms with E-state index in [1.165, 1.54) is 6.08 Å². The Kier molecular flexibility index (Phi) is 4.46. The summed E-state index contributed by atoms with van der Waals surface area (Å²) in [6.07, 6.45) is -1.97. The van der Waals surface area contributed by atoms with E-state index in [0.717, 1.165) is 11.6 Å². The first-order valence-electron chi connectivity index (χ1n) is 6.29. The normalized spacial score (nSPS) is 24.2. The largest absolute Gasteiger partial charge is 0.478 e. The topological polar surface area (TPSA) is 37.3 Å². The van der Waals surface area contributed by atoms with Crippen molar-refractivity contribution in [2.45, 2.75) is 24.1 Å². The predicted molar refractivity (Wildman–Crippen MR) is 78.5 cm³/mol. The van der Waals surface area contributed by atoms with Crippen molar-refractivity contribution in [3.05, 3.63) is 58.5 Å². The predicted octanol–water partition coefficient (Wildman–Crippen LogP) is 4.05. The monoisotopic (exact) mass is 316 g/mol. The third-order valence-electron chi connectivity index (χ3n) is 3.32. The van der Waals surface area contributed by atoms with Gasteiger partial charge in [0.15, 0.2) is 0 Å². The molecule has 0 amide bonds. The van der Waals surface area contributed by atoms with E-state index in [1.807, 2.05) is 0 Å². The van der Waals surface area contributed by atoms with E-state index in [0.29, 0.717) is 4.91 Å². The van der Waals surface area contributed by atoms with Crippen LogP contribution in [0.15, 0.2) is 53.0 Å². The van der Waals surface area contributed by atoms with Crippen LogP contribution in [-0.4, -0.2) is 22.5 Å². The minimum absolute atomic E-state index is 0.229. The second-order valence-corrected chi connectivity index (χ2v) is 7.27. The zero-order chi connectivity index (χ0) is 15.6. The summed E-state index contributed by atoms with van der Waals surface area (Å²) in [4.78, 5) is 11.7. The zero-order valence-corrected chi connectivity index (χ0v) is 12.2. The number of carboxylic acids is 1. The molecule has 1 heterocycles. The summed E-state index contributed by atoms with van der Waals surface area (Å²) in [5, 5.41) is 7.15. The average molecular weight is 316 g/mol. The van der Waals surface area contributed by atoms with Gasteiger partial charge in [-0.2, -0.15) is 13.2 Å². The maximum absolute atomic E-state index is 13.4. The summed E-state index contributed by atoms with van der Waals surface area (Å²) in [6.45, 7) is 1.64. The Labute approximate surface area is 123 Å². The highest BCUT2D eigenvalue weighted by Crippen LogP contribution is 2.54. The number of carboxylic acid groups (broad SMARTS) is 1. The molecule has 1 aromatic rings. The molecule has 6 heteroatoms. The summed E-state index contributed by atoms with van der Waals surface area (Å²) in [5.41, 5.74) is 0.229. The molecular formula is C15H15F3O2S. The zero-order valence-electron chi connectivity index (χ0n) is 11.3. The van der Waals surface area contributed by atoms with Crippen LogP contribution in [0.2, 0.25) is 0 Å². The number of carbonyl (C=O) groups is 1. The van der Waals surface area contributed by atoms with Crippen molar-refractivity contribution in [3.8, 4) is 0 Å². The summed E-state index contributed by atoms with van der Waals surface area (Å²) in [7, 11) is -1.65. The molecule has 0 radical (unpaired) electrons. The molecule has 2 atom stereocenters. The van der Waals surface area contributed by atoms with E-state index >= 15 is 0 Å². The molecule has 1 unspecified atom stereocenters. The lowest BCUT2D eigenvalue weighted by molar-refractivity contribution is -0.140. The Balaban J connectivity index is 2.39. The quantitative estimate of drug-likeness (QED) is 0.826. The number of hydrogen-bond donors (Lipinski definition) is 2. The lowest BCUT2D eigenvalue weighted by Gasteiger charge is -2.36. The molecule has 114 valence electrons. The Hall–Kier alpha value is -1.69. The first-order valence-corrected chi connectivity index (χ1v) is 7.89. The molecule has 1 aromatic carbocycles. The van der Waals surface area contributed by atoms with Crippen LogP contribution in [0.1, 0.15) is 12.5 Å². The first kappa shape index (κ1) is 15.7. The van der Waals surface area contributed by atoms with Crippen molar-refractivity contribution in [2.75, 3.05) is 0 Å². The minimum Gasteiger partial charge on any atom is -0.478 e. The molecule has 0 aliphatic carbocycles. The van der Waals surface area contributed by atoms with Crippen LogP contribution < -0.4 is 0 Å². The number of rotatable bonds is 3. The number of hydrogen-bond acceptors (Lipinski definition) is 1. The van der Waals surface area contributed by atoms with Gasteiger partial charge in [0, 0.05) is 5.75 Å². The highest BCUT2D eigenvalue weighted by Gasteiger charge is 2.48. The molecule has 21 heavy (non-hydrogen) atoms. The number of allylic oxidation sites excluding steroid dienone is 3. The SMILES string of the molecule is CC1=CC=C(C(=O)O)[C@@H](C(F)(F)F)[SH]1Cc1ccccc1. The van der Waals surface area contributed by atoms with Crippen molar-refractivity contribution in [3.63, 3.8) is 0 Å². The summed E-state index contributed by atoms with van der Waals surface area (Å²) < 4.78 is 40.1. The number of halogens is 3. The third kappa shape index (κ3) is 3.50.